The molecular formula is C12H14BrN3O. The fourth-order valence-corrected chi connectivity index (χ4v) is 1.96. The van der Waals surface area contributed by atoms with Crippen molar-refractivity contribution >= 4 is 15.9 Å². The van der Waals surface area contributed by atoms with Gasteiger partial charge in [-0.25, -0.2) is 9.67 Å². The molecule has 0 aliphatic carbocycles. The molecule has 1 heterocycles. The van der Waals surface area contributed by atoms with E-state index in [1.165, 1.54) is 0 Å². The Bertz CT molecular complexity index is 510. The highest BCUT2D eigenvalue weighted by atomic mass is 79.9. The van der Waals surface area contributed by atoms with Crippen molar-refractivity contribution in [3.8, 4) is 5.75 Å². The second-order valence-electron chi connectivity index (χ2n) is 3.74. The molecule has 0 bridgehead atoms. The van der Waals surface area contributed by atoms with Gasteiger partial charge in [0.1, 0.15) is 24.0 Å². The summed E-state index contributed by atoms with van der Waals surface area (Å²) in [6.45, 7) is 5.12. The predicted molar refractivity (Wildman–Crippen MR) is 69.1 cm³/mol. The number of nitrogens with zero attached hydrogens (tertiary/aromatic N) is 3. The molecule has 0 radical (unpaired) electrons. The molecule has 2 rings (SSSR count). The van der Waals surface area contributed by atoms with Crippen LogP contribution in [0.25, 0.3) is 0 Å². The molecule has 0 atom stereocenters. The quantitative estimate of drug-likeness (QED) is 0.871. The molecule has 0 N–H and O–H groups in total. The van der Waals surface area contributed by atoms with E-state index in [2.05, 4.69) is 26.0 Å². The van der Waals surface area contributed by atoms with Gasteiger partial charge in [0.25, 0.3) is 0 Å². The summed E-state index contributed by atoms with van der Waals surface area (Å²) in [5.41, 5.74) is 0. The topological polar surface area (TPSA) is 39.9 Å². The Labute approximate surface area is 109 Å². The summed E-state index contributed by atoms with van der Waals surface area (Å²) in [5, 5.41) is 4.28. The van der Waals surface area contributed by atoms with Crippen molar-refractivity contribution < 1.29 is 4.74 Å². The van der Waals surface area contributed by atoms with Gasteiger partial charge in [0.2, 0.25) is 0 Å². The molecule has 4 nitrogen and oxygen atoms in total. The first-order chi connectivity index (χ1) is 8.15. The summed E-state index contributed by atoms with van der Waals surface area (Å²) in [5.74, 6) is 2.57. The van der Waals surface area contributed by atoms with Gasteiger partial charge in [-0.2, -0.15) is 5.10 Å². The summed E-state index contributed by atoms with van der Waals surface area (Å²) in [6.07, 6.45) is 0. The lowest BCUT2D eigenvalue weighted by Gasteiger charge is -2.07. The van der Waals surface area contributed by atoms with E-state index in [1.807, 2.05) is 42.8 Å². The lowest BCUT2D eigenvalue weighted by Crippen LogP contribution is -2.11. The third kappa shape index (κ3) is 3.30. The third-order valence-corrected chi connectivity index (χ3v) is 2.82. The number of hydrogen-bond acceptors (Lipinski definition) is 3. The minimum absolute atomic E-state index is 0.583. The minimum atomic E-state index is 0.583. The molecule has 0 fully saturated rings. The van der Waals surface area contributed by atoms with E-state index in [-0.39, 0.29) is 0 Å². The summed E-state index contributed by atoms with van der Waals surface area (Å²) in [6, 6.07) is 7.80. The fraction of sp³-hybridized carbons (Fsp3) is 0.333. The van der Waals surface area contributed by atoms with E-state index in [9.17, 15) is 0 Å². The molecule has 1 aromatic heterocycles. The molecule has 90 valence electrons. The van der Waals surface area contributed by atoms with Gasteiger partial charge in [-0.3, -0.25) is 0 Å². The molecular weight excluding hydrogens is 282 g/mol. The van der Waals surface area contributed by atoms with Crippen molar-refractivity contribution in [2.45, 2.75) is 20.4 Å². The van der Waals surface area contributed by atoms with Crippen LogP contribution in [-0.2, 0) is 6.54 Å². The zero-order valence-electron chi connectivity index (χ0n) is 9.85. The summed E-state index contributed by atoms with van der Waals surface area (Å²) >= 11 is 3.41. The Hall–Kier alpha value is -1.36. The van der Waals surface area contributed by atoms with Gasteiger partial charge in [-0.1, -0.05) is 22.0 Å². The molecule has 5 heteroatoms. The Kier molecular flexibility index (Phi) is 3.78. The smallest absolute Gasteiger partial charge is 0.147 e. The van der Waals surface area contributed by atoms with Crippen molar-refractivity contribution in [1.29, 1.82) is 0 Å². The summed E-state index contributed by atoms with van der Waals surface area (Å²) in [7, 11) is 0. The van der Waals surface area contributed by atoms with Crippen LogP contribution in [0.4, 0.5) is 0 Å². The Morgan fingerprint density at radius 3 is 2.82 bits per heavy atom. The van der Waals surface area contributed by atoms with Gasteiger partial charge in [0, 0.05) is 4.47 Å². The number of ether oxygens (including phenoxy) is 1. The van der Waals surface area contributed by atoms with Gasteiger partial charge in [0.15, 0.2) is 0 Å². The predicted octanol–water partition coefficient (Wildman–Crippen LogP) is 2.74. The van der Waals surface area contributed by atoms with Crippen molar-refractivity contribution in [1.82, 2.24) is 14.8 Å². The lowest BCUT2D eigenvalue weighted by atomic mass is 10.3. The second kappa shape index (κ2) is 5.31. The van der Waals surface area contributed by atoms with Gasteiger partial charge in [-0.15, -0.1) is 0 Å². The van der Waals surface area contributed by atoms with Crippen LogP contribution in [0.3, 0.4) is 0 Å². The van der Waals surface area contributed by atoms with Crippen LogP contribution in [0, 0.1) is 13.8 Å². The number of aromatic nitrogens is 3. The Morgan fingerprint density at radius 2 is 2.18 bits per heavy atom. The highest BCUT2D eigenvalue weighted by Gasteiger charge is 2.02. The average Bonchev–Trinajstić information content (AvgIpc) is 2.58. The molecule has 1 aromatic carbocycles. The van der Waals surface area contributed by atoms with Crippen LogP contribution >= 0.6 is 15.9 Å². The van der Waals surface area contributed by atoms with E-state index in [0.717, 1.165) is 21.9 Å². The van der Waals surface area contributed by atoms with Crippen molar-refractivity contribution in [2.75, 3.05) is 6.61 Å². The van der Waals surface area contributed by atoms with Gasteiger partial charge < -0.3 is 4.74 Å². The number of hydrogen-bond donors (Lipinski definition) is 0. The van der Waals surface area contributed by atoms with Crippen molar-refractivity contribution in [3.05, 3.63) is 40.4 Å². The van der Waals surface area contributed by atoms with Gasteiger partial charge >= 0.3 is 0 Å². The molecule has 0 aliphatic heterocycles. The lowest BCUT2D eigenvalue weighted by molar-refractivity contribution is 0.289. The van der Waals surface area contributed by atoms with Crippen LogP contribution in [0.1, 0.15) is 11.6 Å². The number of aryl methyl sites for hydroxylation is 2. The number of halogens is 1. The number of benzene rings is 1. The zero-order valence-corrected chi connectivity index (χ0v) is 11.4. The summed E-state index contributed by atoms with van der Waals surface area (Å²) in [4.78, 5) is 4.24. The number of rotatable bonds is 4. The van der Waals surface area contributed by atoms with Gasteiger partial charge in [-0.05, 0) is 32.0 Å². The molecule has 0 saturated carbocycles. The van der Waals surface area contributed by atoms with E-state index >= 15 is 0 Å². The van der Waals surface area contributed by atoms with Gasteiger partial charge in [0.05, 0.1) is 6.54 Å². The van der Waals surface area contributed by atoms with E-state index in [0.29, 0.717) is 13.2 Å². The molecule has 17 heavy (non-hydrogen) atoms. The van der Waals surface area contributed by atoms with Crippen molar-refractivity contribution in [3.63, 3.8) is 0 Å². The highest BCUT2D eigenvalue weighted by Crippen LogP contribution is 2.17. The molecule has 0 amide bonds. The van der Waals surface area contributed by atoms with Crippen molar-refractivity contribution in [2.24, 2.45) is 0 Å². The summed E-state index contributed by atoms with van der Waals surface area (Å²) < 4.78 is 8.51. The van der Waals surface area contributed by atoms with E-state index < -0.39 is 0 Å². The second-order valence-corrected chi connectivity index (χ2v) is 4.65. The van der Waals surface area contributed by atoms with E-state index in [4.69, 9.17) is 4.74 Å². The molecule has 0 unspecified atom stereocenters. The zero-order chi connectivity index (χ0) is 12.3. The fourth-order valence-electron chi connectivity index (χ4n) is 1.58. The average molecular weight is 296 g/mol. The third-order valence-electron chi connectivity index (χ3n) is 2.33. The van der Waals surface area contributed by atoms with E-state index in [1.54, 1.807) is 0 Å². The highest BCUT2D eigenvalue weighted by molar-refractivity contribution is 9.10. The first-order valence-corrected chi connectivity index (χ1v) is 6.21. The first-order valence-electron chi connectivity index (χ1n) is 5.41. The Morgan fingerprint density at radius 1 is 1.35 bits per heavy atom. The maximum atomic E-state index is 5.64. The van der Waals surface area contributed by atoms with Crippen LogP contribution in [0.15, 0.2) is 28.7 Å². The van der Waals surface area contributed by atoms with Crippen LogP contribution < -0.4 is 4.74 Å². The maximum Gasteiger partial charge on any atom is 0.147 e. The van der Waals surface area contributed by atoms with Crippen LogP contribution in [-0.4, -0.2) is 21.4 Å². The Balaban J connectivity index is 1.89. The van der Waals surface area contributed by atoms with Crippen LogP contribution in [0.2, 0.25) is 0 Å². The first kappa shape index (κ1) is 12.1. The SMILES string of the molecule is Cc1nc(C)n(CCOc2cccc(Br)c2)n1. The van der Waals surface area contributed by atoms with Crippen LogP contribution in [0.5, 0.6) is 5.75 Å². The standard InChI is InChI=1S/C12H14BrN3O/c1-9-14-10(2)16(15-9)6-7-17-12-5-3-4-11(13)8-12/h3-5,8H,6-7H2,1-2H3. The monoisotopic (exact) mass is 295 g/mol. The molecule has 0 aliphatic rings. The molecule has 0 saturated heterocycles. The molecule has 2 aromatic rings. The maximum absolute atomic E-state index is 5.64. The normalized spacial score (nSPS) is 10.5. The largest absolute Gasteiger partial charge is 0.492 e. The molecule has 0 spiro atoms. The minimum Gasteiger partial charge on any atom is -0.492 e.